The van der Waals surface area contributed by atoms with E-state index in [9.17, 15) is 52.3 Å². The fourth-order valence-corrected chi connectivity index (χ4v) is 13.5. The van der Waals surface area contributed by atoms with Crippen LogP contribution >= 0.6 is 58.8 Å². The lowest BCUT2D eigenvalue weighted by Gasteiger charge is -2.35. The Hall–Kier alpha value is -6.59. The molecule has 0 N–H and O–H groups in total. The number of halogens is 1. The molecule has 20 nitrogen and oxygen atoms in total. The number of nitrogens with zero attached hydrogens (tertiary/aromatic N) is 6. The molecule has 7 atom stereocenters. The second kappa shape index (κ2) is 26.4. The van der Waals surface area contributed by atoms with Gasteiger partial charge in [0, 0.05) is 75.7 Å². The SMILES string of the molecule is CC[C@@]1(OC(=O)CCN2C(=O)C=CC2=O)C(=O)OCc2c1cc1n(c2=O)Cc2cc3ccccc3nc2-1.CC[C@@]1(OC(=O)CCN2C(=O)CC(SCPP)C2=O)C(=O)OCc2c1cc1n(c2=O)Cc2cc3ccccc3nc2-1.PPCS.[2H]CF. The molecule has 1 fully saturated rings. The van der Waals surface area contributed by atoms with Crippen LogP contribution in [0.15, 0.2) is 94.5 Å². The standard InChI is InChI=1S/C28H27N3O7P2S.C27H21N3O7.CH3F.CH6P2S/c1-2-28(38-23(33)7-8-30-22(32)11-21(26(30)35)41-14-40-39)18-10-20-24-16(9-15-5-3-4-6-19(15)29-24)12-31(20)25(34)17(18)13-37-27(28)36;1-2-27(37-23(33)9-10-29-21(31)7-8-22(29)32)18-12-20-24-16(11-15-5-3-4-6-19(15)28-24)13-30(20)25(34)17(18)14-36-26(27)35;1-2;2-3-1-4/h3-6,9-10,21,40H,2,7-8,11-14,39H2,1H3;3-8,11-12H,2,9-10,13-14H2,1H3;1H3;3-4H,1-2H2/t21?,28-;27-;;/m00../s1/i;;1D;. The maximum absolute atomic E-state index is 13.7. The summed E-state index contributed by atoms with van der Waals surface area (Å²) in [6.45, 7) is 3.19. The van der Waals surface area contributed by atoms with E-state index in [1.165, 1.54) is 11.8 Å². The largest absolute Gasteiger partial charge is 0.457 e. The fraction of sp³-hybridized carbons (Fsp3) is 0.333. The zero-order chi connectivity index (χ0) is 60.9. The van der Waals surface area contributed by atoms with Crippen molar-refractivity contribution in [1.82, 2.24) is 28.9 Å². The molecule has 4 aromatic heterocycles. The molecule has 10 heterocycles. The highest BCUT2D eigenvalue weighted by atomic mass is 32.2. The number of para-hydroxylation sites is 2. The van der Waals surface area contributed by atoms with Gasteiger partial charge >= 0.3 is 23.9 Å². The van der Waals surface area contributed by atoms with Gasteiger partial charge in [0.05, 0.1) is 84.6 Å². The number of amides is 4. The van der Waals surface area contributed by atoms with Gasteiger partial charge in [0.1, 0.15) is 13.2 Å². The first kappa shape index (κ1) is 60.5. The third kappa shape index (κ3) is 11.6. The molecular formula is C57H57FN6O14P4S2. The van der Waals surface area contributed by atoms with Crippen LogP contribution in [-0.4, -0.2) is 113 Å². The number of cyclic esters (lactones) is 2. The van der Waals surface area contributed by atoms with Crippen molar-refractivity contribution in [2.45, 2.75) is 88.7 Å². The van der Waals surface area contributed by atoms with Gasteiger partial charge in [-0.1, -0.05) is 66.8 Å². The van der Waals surface area contributed by atoms with Gasteiger partial charge in [0.25, 0.3) is 22.9 Å². The lowest BCUT2D eigenvalue weighted by atomic mass is 9.85. The van der Waals surface area contributed by atoms with Crippen LogP contribution in [-0.2, 0) is 94.8 Å². The highest BCUT2D eigenvalue weighted by molar-refractivity contribution is 8.14. The van der Waals surface area contributed by atoms with E-state index in [2.05, 4.69) is 30.5 Å². The number of carbonyl (C=O) groups is 8. The second-order valence-corrected chi connectivity index (χ2v) is 26.2. The zero-order valence-corrected chi connectivity index (χ0v) is 51.4. The molecule has 5 unspecified atom stereocenters. The Kier molecular flexibility index (Phi) is 19.0. The van der Waals surface area contributed by atoms with Gasteiger partial charge in [-0.15, -0.1) is 29.6 Å². The number of rotatable bonds is 14. The van der Waals surface area contributed by atoms with Crippen molar-refractivity contribution in [3.8, 4) is 22.8 Å². The molecule has 6 aliphatic heterocycles. The van der Waals surface area contributed by atoms with E-state index >= 15 is 0 Å². The summed E-state index contributed by atoms with van der Waals surface area (Å²) < 4.78 is 41.0. The van der Waals surface area contributed by atoms with Gasteiger partial charge in [0.15, 0.2) is 0 Å². The van der Waals surface area contributed by atoms with E-state index < -0.39 is 59.3 Å². The number of thioether (sulfide) groups is 1. The fourth-order valence-electron chi connectivity index (χ4n) is 10.9. The number of ether oxygens (including phenoxy) is 4. The molecule has 6 aliphatic rings. The van der Waals surface area contributed by atoms with Gasteiger partial charge in [-0.2, -0.15) is 12.6 Å². The minimum absolute atomic E-state index is 0.0224. The first-order chi connectivity index (χ1) is 40.9. The Morgan fingerprint density at radius 1 is 0.726 bits per heavy atom. The molecule has 0 radical (unpaired) electrons. The Balaban J connectivity index is 0.000000184. The minimum Gasteiger partial charge on any atom is -0.457 e. The van der Waals surface area contributed by atoms with Crippen LogP contribution in [0.1, 0.15) is 80.7 Å². The van der Waals surface area contributed by atoms with Crippen LogP contribution in [0.25, 0.3) is 44.6 Å². The summed E-state index contributed by atoms with van der Waals surface area (Å²) in [6.07, 6.45) is 1.80. The zero-order valence-electron chi connectivity index (χ0n) is 46.3. The molecule has 2 aromatic carbocycles. The molecule has 438 valence electrons. The Labute approximate surface area is 499 Å². The topological polar surface area (TPSA) is 250 Å². The normalized spacial score (nSPS) is 19.8. The van der Waals surface area contributed by atoms with Crippen molar-refractivity contribution < 1.29 is 63.1 Å². The van der Waals surface area contributed by atoms with Crippen molar-refractivity contribution in [3.05, 3.63) is 139 Å². The summed E-state index contributed by atoms with van der Waals surface area (Å²) in [5, 5.41) is 1.46. The number of alkyl halides is 1. The van der Waals surface area contributed by atoms with Crippen LogP contribution in [0.2, 0.25) is 0 Å². The molecule has 1 saturated heterocycles. The summed E-state index contributed by atoms with van der Waals surface area (Å²) >= 11 is 5.34. The predicted octanol–water partition coefficient (Wildman–Crippen LogP) is 7.18. The maximum Gasteiger partial charge on any atom is 0.355 e. The van der Waals surface area contributed by atoms with Gasteiger partial charge in [-0.3, -0.25) is 52.5 Å². The van der Waals surface area contributed by atoms with E-state index in [0.717, 1.165) is 74.1 Å². The quantitative estimate of drug-likeness (QED) is 0.0372. The van der Waals surface area contributed by atoms with E-state index in [1.54, 1.807) is 35.1 Å². The van der Waals surface area contributed by atoms with Gasteiger partial charge < -0.3 is 28.1 Å². The number of hydrogen-bond donors (Lipinski definition) is 1. The van der Waals surface area contributed by atoms with Crippen molar-refractivity contribution in [2.75, 3.05) is 31.2 Å². The second-order valence-electron chi connectivity index (χ2n) is 19.6. The van der Waals surface area contributed by atoms with Crippen LogP contribution in [0.4, 0.5) is 4.39 Å². The molecule has 12 rings (SSSR count). The number of fused-ring (bicyclic) bond motifs is 10. The summed E-state index contributed by atoms with van der Waals surface area (Å²) in [6, 6.07) is 22.7. The smallest absolute Gasteiger partial charge is 0.355 e. The molecule has 6 aromatic rings. The maximum atomic E-state index is 13.7. The molecule has 4 amide bonds. The Morgan fingerprint density at radius 2 is 1.17 bits per heavy atom. The molecule has 0 spiro atoms. The Bertz CT molecular complexity index is 3890. The summed E-state index contributed by atoms with van der Waals surface area (Å²) in [5.41, 5.74) is 4.11. The third-order valence-corrected chi connectivity index (χ3v) is 21.0. The van der Waals surface area contributed by atoms with Crippen molar-refractivity contribution in [1.29, 1.82) is 0 Å². The first-order valence-corrected chi connectivity index (χ1v) is 34.1. The van der Waals surface area contributed by atoms with Gasteiger partial charge in [0.2, 0.25) is 23.0 Å². The summed E-state index contributed by atoms with van der Waals surface area (Å²) in [4.78, 5) is 140. The van der Waals surface area contributed by atoms with E-state index in [1.807, 2.05) is 60.7 Å². The highest BCUT2D eigenvalue weighted by Crippen LogP contribution is 2.43. The van der Waals surface area contributed by atoms with Crippen LogP contribution in [0, 0.1) is 0 Å². The molecule has 0 bridgehead atoms. The van der Waals surface area contributed by atoms with E-state index in [-0.39, 0.29) is 104 Å². The van der Waals surface area contributed by atoms with Gasteiger partial charge in [-0.05, 0) is 49.2 Å². The van der Waals surface area contributed by atoms with Crippen LogP contribution < -0.4 is 11.1 Å². The number of imide groups is 2. The summed E-state index contributed by atoms with van der Waals surface area (Å²) in [7, 11) is 5.72. The number of likely N-dealkylation sites (tertiary alicyclic amines) is 1. The number of benzene rings is 2. The Morgan fingerprint density at radius 3 is 1.60 bits per heavy atom. The first-order valence-electron chi connectivity index (χ1n) is 27.1. The molecule has 84 heavy (non-hydrogen) atoms. The average Bonchev–Trinajstić information content (AvgIpc) is 1.88. The van der Waals surface area contributed by atoms with Crippen LogP contribution in [0.5, 0.6) is 0 Å². The lowest BCUT2D eigenvalue weighted by molar-refractivity contribution is -0.189. The minimum atomic E-state index is -1.84. The van der Waals surface area contributed by atoms with Crippen molar-refractivity contribution >= 4 is 128 Å². The number of thiol groups is 1. The summed E-state index contributed by atoms with van der Waals surface area (Å²) in [5.74, 6) is -4.80. The number of carbonyl (C=O) groups excluding carboxylic acids is 8. The van der Waals surface area contributed by atoms with E-state index in [4.69, 9.17) is 30.3 Å². The molecule has 0 aliphatic carbocycles. The molecular weight excluding hydrogens is 1200 g/mol. The number of aromatic nitrogens is 4. The third-order valence-electron chi connectivity index (χ3n) is 15.0. The number of esters is 4. The average molecular weight is 1260 g/mol. The lowest BCUT2D eigenvalue weighted by Crippen LogP contribution is -2.47. The van der Waals surface area contributed by atoms with Crippen molar-refractivity contribution in [2.24, 2.45) is 0 Å². The van der Waals surface area contributed by atoms with E-state index in [0.29, 0.717) is 44.1 Å². The highest BCUT2D eigenvalue weighted by Gasteiger charge is 2.52. The van der Waals surface area contributed by atoms with Gasteiger partial charge in [-0.25, -0.2) is 19.6 Å². The van der Waals surface area contributed by atoms with Crippen LogP contribution in [0.3, 0.4) is 0 Å². The molecule has 27 heteroatoms. The number of hydrogen-bond acceptors (Lipinski definition) is 18. The van der Waals surface area contributed by atoms with Crippen molar-refractivity contribution in [3.63, 3.8) is 0 Å². The monoisotopic (exact) mass is 1260 g/mol. The predicted molar refractivity (Wildman–Crippen MR) is 326 cm³/mol. The number of pyridine rings is 4. The molecule has 0 saturated carbocycles.